The second-order valence-corrected chi connectivity index (χ2v) is 6.41. The monoisotopic (exact) mass is 513 g/mol. The topological polar surface area (TPSA) is 96.2 Å². The number of carbonyl (C=O) groups excluding carboxylic acids is 1. The zero-order chi connectivity index (χ0) is 20.2. The molecule has 1 heterocycles. The molecule has 8 nitrogen and oxygen atoms in total. The molecular formula is C20H32IN7O. The predicted octanol–water partition coefficient (Wildman–Crippen LogP) is 2.95. The number of halogens is 1. The van der Waals surface area contributed by atoms with Crippen LogP contribution >= 0.6 is 24.0 Å². The Kier molecular flexibility index (Phi) is 11.9. The summed E-state index contributed by atoms with van der Waals surface area (Å²) in [5.74, 6) is 1.80. The van der Waals surface area contributed by atoms with Crippen LogP contribution in [0.25, 0.3) is 0 Å². The minimum atomic E-state index is 0. The Hall–Kier alpha value is -2.17. The highest BCUT2D eigenvalue weighted by molar-refractivity contribution is 14.0. The van der Waals surface area contributed by atoms with E-state index < -0.39 is 0 Å². The average Bonchev–Trinajstić information content (AvgIpc) is 3.15. The van der Waals surface area contributed by atoms with E-state index in [0.29, 0.717) is 13.0 Å². The van der Waals surface area contributed by atoms with E-state index >= 15 is 0 Å². The second-order valence-electron chi connectivity index (χ2n) is 6.41. The molecule has 0 aliphatic rings. The van der Waals surface area contributed by atoms with Crippen LogP contribution in [-0.2, 0) is 24.3 Å². The molecule has 0 atom stereocenters. The number of amides is 1. The lowest BCUT2D eigenvalue weighted by molar-refractivity contribution is -0.116. The van der Waals surface area contributed by atoms with E-state index in [1.54, 1.807) is 6.33 Å². The van der Waals surface area contributed by atoms with Gasteiger partial charge in [0.15, 0.2) is 5.96 Å². The fourth-order valence-electron chi connectivity index (χ4n) is 2.69. The van der Waals surface area contributed by atoms with Crippen LogP contribution in [0.15, 0.2) is 35.6 Å². The summed E-state index contributed by atoms with van der Waals surface area (Å²) >= 11 is 0. The Morgan fingerprint density at radius 3 is 2.55 bits per heavy atom. The lowest BCUT2D eigenvalue weighted by Crippen LogP contribution is -2.38. The van der Waals surface area contributed by atoms with Crippen molar-refractivity contribution in [2.75, 3.05) is 18.4 Å². The van der Waals surface area contributed by atoms with Crippen molar-refractivity contribution in [3.8, 4) is 0 Å². The number of hydrogen-bond donors (Lipinski definition) is 3. The number of benzene rings is 1. The van der Waals surface area contributed by atoms with E-state index in [1.165, 1.54) is 0 Å². The number of carbonyl (C=O) groups is 1. The van der Waals surface area contributed by atoms with Crippen molar-refractivity contribution in [2.45, 2.75) is 53.1 Å². The number of guanidine groups is 1. The van der Waals surface area contributed by atoms with E-state index in [9.17, 15) is 4.79 Å². The molecule has 29 heavy (non-hydrogen) atoms. The van der Waals surface area contributed by atoms with Crippen LogP contribution in [-0.4, -0.2) is 39.7 Å². The van der Waals surface area contributed by atoms with Crippen LogP contribution < -0.4 is 16.0 Å². The van der Waals surface area contributed by atoms with Crippen molar-refractivity contribution in [1.29, 1.82) is 0 Å². The number of aryl methyl sites for hydroxylation is 1. The molecule has 1 amide bonds. The van der Waals surface area contributed by atoms with E-state index in [4.69, 9.17) is 0 Å². The van der Waals surface area contributed by atoms with E-state index in [1.807, 2.05) is 42.7 Å². The molecule has 0 aliphatic carbocycles. The maximum Gasteiger partial charge on any atom is 0.224 e. The van der Waals surface area contributed by atoms with E-state index in [-0.39, 0.29) is 29.9 Å². The number of nitrogens with one attached hydrogen (secondary N) is 3. The van der Waals surface area contributed by atoms with Gasteiger partial charge in [0.2, 0.25) is 5.91 Å². The molecule has 0 unspecified atom stereocenters. The third-order valence-electron chi connectivity index (χ3n) is 4.14. The number of aliphatic imine (C=N–C) groups is 1. The number of nitrogens with zero attached hydrogens (tertiary/aromatic N) is 4. The molecule has 1 aromatic carbocycles. The molecule has 0 bridgehead atoms. The standard InChI is InChI=1S/C20H31N7O.HI/c1-4-7-19(28)25-17-10-8-16(9-11-17)14-23-20(21-6-3)22-12-13-27-15-24-26-18(27)5-2;/h8-11,15H,4-7,12-14H2,1-3H3,(H,25,28)(H2,21,22,23);1H. The highest BCUT2D eigenvalue weighted by atomic mass is 127. The molecule has 9 heteroatoms. The molecule has 160 valence electrons. The van der Waals surface area contributed by atoms with Crippen LogP contribution in [0.5, 0.6) is 0 Å². The summed E-state index contributed by atoms with van der Waals surface area (Å²) < 4.78 is 2.04. The minimum Gasteiger partial charge on any atom is -0.357 e. The Morgan fingerprint density at radius 2 is 1.90 bits per heavy atom. The number of anilines is 1. The van der Waals surface area contributed by atoms with Crippen molar-refractivity contribution >= 4 is 41.5 Å². The molecule has 2 aromatic rings. The number of hydrogen-bond acceptors (Lipinski definition) is 4. The van der Waals surface area contributed by atoms with Gasteiger partial charge in [-0.15, -0.1) is 34.2 Å². The molecule has 1 aromatic heterocycles. The van der Waals surface area contributed by atoms with Gasteiger partial charge in [-0.25, -0.2) is 4.99 Å². The maximum atomic E-state index is 11.7. The van der Waals surface area contributed by atoms with E-state index in [2.05, 4.69) is 38.1 Å². The minimum absolute atomic E-state index is 0. The first-order valence-electron chi connectivity index (χ1n) is 9.93. The summed E-state index contributed by atoms with van der Waals surface area (Å²) in [6, 6.07) is 7.80. The van der Waals surface area contributed by atoms with Crippen molar-refractivity contribution in [3.05, 3.63) is 42.0 Å². The Morgan fingerprint density at radius 1 is 1.14 bits per heavy atom. The van der Waals surface area contributed by atoms with Gasteiger partial charge in [0.05, 0.1) is 6.54 Å². The van der Waals surface area contributed by atoms with Crippen molar-refractivity contribution in [2.24, 2.45) is 4.99 Å². The Labute approximate surface area is 190 Å². The van der Waals surface area contributed by atoms with Crippen molar-refractivity contribution in [3.63, 3.8) is 0 Å². The number of aromatic nitrogens is 3. The summed E-state index contributed by atoms with van der Waals surface area (Å²) in [5, 5.41) is 17.5. The highest BCUT2D eigenvalue weighted by Crippen LogP contribution is 2.11. The zero-order valence-corrected chi connectivity index (χ0v) is 19.8. The quantitative estimate of drug-likeness (QED) is 0.258. The van der Waals surface area contributed by atoms with Crippen LogP contribution in [0.3, 0.4) is 0 Å². The molecule has 0 radical (unpaired) electrons. The molecule has 0 fully saturated rings. The van der Waals surface area contributed by atoms with Gasteiger partial charge in [-0.05, 0) is 31.0 Å². The SMILES string of the molecule is CCCC(=O)Nc1ccc(CN=C(NCC)NCCn2cnnc2CC)cc1.I. The first-order chi connectivity index (χ1) is 13.7. The lowest BCUT2D eigenvalue weighted by Gasteiger charge is -2.12. The van der Waals surface area contributed by atoms with Gasteiger partial charge in [0.25, 0.3) is 0 Å². The lowest BCUT2D eigenvalue weighted by atomic mass is 10.2. The molecule has 0 saturated carbocycles. The summed E-state index contributed by atoms with van der Waals surface area (Å²) in [6.07, 6.45) is 4.00. The van der Waals surface area contributed by atoms with Crippen LogP contribution in [0.4, 0.5) is 5.69 Å². The third-order valence-corrected chi connectivity index (χ3v) is 4.14. The van der Waals surface area contributed by atoms with Crippen molar-refractivity contribution in [1.82, 2.24) is 25.4 Å². The highest BCUT2D eigenvalue weighted by Gasteiger charge is 2.03. The predicted molar refractivity (Wildman–Crippen MR) is 128 cm³/mol. The zero-order valence-electron chi connectivity index (χ0n) is 17.4. The van der Waals surface area contributed by atoms with Gasteiger partial charge in [0.1, 0.15) is 12.2 Å². The Balaban J connectivity index is 0.00000420. The van der Waals surface area contributed by atoms with Gasteiger partial charge in [-0.1, -0.05) is 26.0 Å². The largest absolute Gasteiger partial charge is 0.357 e. The fourth-order valence-corrected chi connectivity index (χ4v) is 2.69. The molecule has 0 aliphatic heterocycles. The normalized spacial score (nSPS) is 10.9. The second kappa shape index (κ2) is 13.9. The maximum absolute atomic E-state index is 11.7. The van der Waals surface area contributed by atoms with Gasteiger partial charge < -0.3 is 20.5 Å². The first kappa shape index (κ1) is 24.9. The molecule has 2 rings (SSSR count). The van der Waals surface area contributed by atoms with Gasteiger partial charge in [-0.2, -0.15) is 0 Å². The van der Waals surface area contributed by atoms with Crippen molar-refractivity contribution < 1.29 is 4.79 Å². The third kappa shape index (κ3) is 8.80. The van der Waals surface area contributed by atoms with Gasteiger partial charge in [-0.3, -0.25) is 4.79 Å². The molecule has 0 spiro atoms. The summed E-state index contributed by atoms with van der Waals surface area (Å²) in [7, 11) is 0. The summed E-state index contributed by atoms with van der Waals surface area (Å²) in [6.45, 7) is 8.98. The van der Waals surface area contributed by atoms with Gasteiger partial charge >= 0.3 is 0 Å². The Bertz CT molecular complexity index is 758. The molecular weight excluding hydrogens is 481 g/mol. The molecule has 0 saturated heterocycles. The van der Waals surface area contributed by atoms with Crippen LogP contribution in [0, 0.1) is 0 Å². The van der Waals surface area contributed by atoms with E-state index in [0.717, 1.165) is 55.5 Å². The van der Waals surface area contributed by atoms with Crippen LogP contribution in [0.2, 0.25) is 0 Å². The summed E-state index contributed by atoms with van der Waals surface area (Å²) in [4.78, 5) is 16.3. The smallest absolute Gasteiger partial charge is 0.224 e. The molecule has 3 N–H and O–H groups in total. The van der Waals surface area contributed by atoms with Gasteiger partial charge in [0, 0.05) is 38.2 Å². The fraction of sp³-hybridized carbons (Fsp3) is 0.500. The average molecular weight is 513 g/mol. The first-order valence-corrected chi connectivity index (χ1v) is 9.93. The summed E-state index contributed by atoms with van der Waals surface area (Å²) in [5.41, 5.74) is 1.90. The number of rotatable bonds is 10. The van der Waals surface area contributed by atoms with Crippen LogP contribution in [0.1, 0.15) is 45.0 Å².